The molecule has 0 atom stereocenters. The van der Waals surface area contributed by atoms with Gasteiger partial charge >= 0.3 is 0 Å². The van der Waals surface area contributed by atoms with E-state index in [4.69, 9.17) is 5.73 Å². The number of hydrogen-bond acceptors (Lipinski definition) is 3. The molecule has 2 fully saturated rings. The summed E-state index contributed by atoms with van der Waals surface area (Å²) in [5.74, 6) is 0.991. The summed E-state index contributed by atoms with van der Waals surface area (Å²) < 4.78 is 0. The van der Waals surface area contributed by atoms with Crippen LogP contribution in [0.1, 0.15) is 44.9 Å². The molecule has 1 saturated carbocycles. The highest BCUT2D eigenvalue weighted by Crippen LogP contribution is 2.26. The Labute approximate surface area is 109 Å². The van der Waals surface area contributed by atoms with Crippen molar-refractivity contribution >= 4 is 11.7 Å². The fourth-order valence-electron chi connectivity index (χ4n) is 3.23. The predicted molar refractivity (Wildman–Crippen MR) is 69.9 cm³/mol. The summed E-state index contributed by atoms with van der Waals surface area (Å²) in [6.07, 6.45) is 7.13. The Bertz CT molecular complexity index is 303. The van der Waals surface area contributed by atoms with E-state index in [1.54, 1.807) is 0 Å². The number of ketones is 1. The molecule has 18 heavy (non-hydrogen) atoms. The van der Waals surface area contributed by atoms with Crippen molar-refractivity contribution in [3.8, 4) is 0 Å². The molecule has 1 saturated heterocycles. The molecular formula is C14H24N2O2. The minimum atomic E-state index is -0.199. The zero-order valence-corrected chi connectivity index (χ0v) is 11.1. The van der Waals surface area contributed by atoms with Gasteiger partial charge in [-0.15, -0.1) is 0 Å². The van der Waals surface area contributed by atoms with Crippen LogP contribution in [-0.2, 0) is 9.59 Å². The highest BCUT2D eigenvalue weighted by atomic mass is 16.1. The number of primary amides is 1. The van der Waals surface area contributed by atoms with Crippen LogP contribution in [0.3, 0.4) is 0 Å². The highest BCUT2D eigenvalue weighted by molar-refractivity contribution is 5.83. The molecule has 1 aliphatic heterocycles. The minimum Gasteiger partial charge on any atom is -0.370 e. The van der Waals surface area contributed by atoms with Crippen molar-refractivity contribution < 1.29 is 9.59 Å². The van der Waals surface area contributed by atoms with E-state index in [9.17, 15) is 9.59 Å². The van der Waals surface area contributed by atoms with E-state index in [1.165, 1.54) is 12.8 Å². The van der Waals surface area contributed by atoms with Crippen molar-refractivity contribution in [3.05, 3.63) is 0 Å². The number of carbonyl (C=O) groups excluding carboxylic acids is 2. The standard InChI is InChI=1S/C14H24N2O2/c15-14(18)9-11-5-7-16(8-6-11)10-13(17)12-3-1-2-4-12/h11-12H,1-10H2,(H2,15,18). The van der Waals surface area contributed by atoms with Crippen molar-refractivity contribution in [1.29, 1.82) is 0 Å². The highest BCUT2D eigenvalue weighted by Gasteiger charge is 2.26. The van der Waals surface area contributed by atoms with Crippen LogP contribution >= 0.6 is 0 Å². The van der Waals surface area contributed by atoms with E-state index >= 15 is 0 Å². The van der Waals surface area contributed by atoms with Crippen LogP contribution in [0.25, 0.3) is 0 Å². The third-order valence-corrected chi connectivity index (χ3v) is 4.39. The maximum atomic E-state index is 12.1. The van der Waals surface area contributed by atoms with Crippen LogP contribution in [0.4, 0.5) is 0 Å². The maximum absolute atomic E-state index is 12.1. The first-order chi connectivity index (χ1) is 8.65. The van der Waals surface area contributed by atoms with E-state index in [-0.39, 0.29) is 5.91 Å². The number of Topliss-reactive ketones (excluding diaryl/α,β-unsaturated/α-hetero) is 1. The number of likely N-dealkylation sites (tertiary alicyclic amines) is 1. The molecular weight excluding hydrogens is 228 g/mol. The van der Waals surface area contributed by atoms with Gasteiger partial charge in [0.2, 0.25) is 5.91 Å². The number of amides is 1. The first-order valence-corrected chi connectivity index (χ1v) is 7.18. The molecule has 0 aromatic rings. The van der Waals surface area contributed by atoms with Gasteiger partial charge in [-0.3, -0.25) is 14.5 Å². The SMILES string of the molecule is NC(=O)CC1CCN(CC(=O)C2CCCC2)CC1. The average Bonchev–Trinajstić information content (AvgIpc) is 2.84. The second kappa shape index (κ2) is 6.32. The molecule has 2 N–H and O–H groups in total. The van der Waals surface area contributed by atoms with Gasteiger partial charge < -0.3 is 5.73 Å². The fourth-order valence-corrected chi connectivity index (χ4v) is 3.23. The Morgan fingerprint density at radius 2 is 1.67 bits per heavy atom. The quantitative estimate of drug-likeness (QED) is 0.803. The predicted octanol–water partition coefficient (Wildman–Crippen LogP) is 1.33. The molecule has 0 radical (unpaired) electrons. The van der Waals surface area contributed by atoms with Gasteiger partial charge in [0.25, 0.3) is 0 Å². The van der Waals surface area contributed by atoms with E-state index in [0.29, 0.717) is 30.6 Å². The molecule has 1 heterocycles. The summed E-state index contributed by atoms with van der Waals surface area (Å²) in [6.45, 7) is 2.50. The normalized spacial score (nSPS) is 23.3. The molecule has 2 aliphatic rings. The summed E-state index contributed by atoms with van der Waals surface area (Å²) >= 11 is 0. The van der Waals surface area contributed by atoms with E-state index in [2.05, 4.69) is 4.90 Å². The number of nitrogens with zero attached hydrogens (tertiary/aromatic N) is 1. The smallest absolute Gasteiger partial charge is 0.217 e. The van der Waals surface area contributed by atoms with Crippen LogP contribution < -0.4 is 5.73 Å². The van der Waals surface area contributed by atoms with E-state index in [0.717, 1.165) is 38.8 Å². The summed E-state index contributed by atoms with van der Waals surface area (Å²) in [4.78, 5) is 25.2. The van der Waals surface area contributed by atoms with Gasteiger partial charge in [-0.25, -0.2) is 0 Å². The molecule has 1 aliphatic carbocycles. The van der Waals surface area contributed by atoms with Crippen molar-refractivity contribution in [2.24, 2.45) is 17.6 Å². The lowest BCUT2D eigenvalue weighted by atomic mass is 9.92. The number of rotatable bonds is 5. The molecule has 1 amide bonds. The first-order valence-electron chi connectivity index (χ1n) is 7.18. The second-order valence-electron chi connectivity index (χ2n) is 5.84. The third kappa shape index (κ3) is 3.80. The zero-order chi connectivity index (χ0) is 13.0. The lowest BCUT2D eigenvalue weighted by Gasteiger charge is -2.31. The molecule has 102 valence electrons. The summed E-state index contributed by atoms with van der Waals surface area (Å²) in [6, 6.07) is 0. The number of nitrogens with two attached hydrogens (primary N) is 1. The first kappa shape index (κ1) is 13.5. The second-order valence-corrected chi connectivity index (χ2v) is 5.84. The zero-order valence-electron chi connectivity index (χ0n) is 11.1. The largest absolute Gasteiger partial charge is 0.370 e. The van der Waals surface area contributed by atoms with E-state index < -0.39 is 0 Å². The molecule has 4 heteroatoms. The number of hydrogen-bond donors (Lipinski definition) is 1. The number of piperidine rings is 1. The minimum absolute atomic E-state index is 0.199. The molecule has 0 unspecified atom stereocenters. The van der Waals surface area contributed by atoms with Crippen molar-refractivity contribution in [1.82, 2.24) is 4.90 Å². The summed E-state index contributed by atoms with van der Waals surface area (Å²) in [7, 11) is 0. The number of carbonyl (C=O) groups is 2. The van der Waals surface area contributed by atoms with E-state index in [1.807, 2.05) is 0 Å². The van der Waals surface area contributed by atoms with Crippen molar-refractivity contribution in [2.45, 2.75) is 44.9 Å². The molecule has 0 spiro atoms. The molecule has 0 aromatic heterocycles. The topological polar surface area (TPSA) is 63.4 Å². The van der Waals surface area contributed by atoms with Crippen LogP contribution in [-0.4, -0.2) is 36.2 Å². The van der Waals surface area contributed by atoms with Gasteiger partial charge in [0.05, 0.1) is 6.54 Å². The Morgan fingerprint density at radius 1 is 1.06 bits per heavy atom. The molecule has 2 rings (SSSR count). The molecule has 0 bridgehead atoms. The van der Waals surface area contributed by atoms with Gasteiger partial charge in [0.1, 0.15) is 5.78 Å². The van der Waals surface area contributed by atoms with Crippen LogP contribution in [0.15, 0.2) is 0 Å². The van der Waals surface area contributed by atoms with Gasteiger partial charge in [-0.1, -0.05) is 12.8 Å². The molecule has 4 nitrogen and oxygen atoms in total. The Morgan fingerprint density at radius 3 is 2.22 bits per heavy atom. The van der Waals surface area contributed by atoms with Crippen molar-refractivity contribution in [2.75, 3.05) is 19.6 Å². The average molecular weight is 252 g/mol. The maximum Gasteiger partial charge on any atom is 0.217 e. The monoisotopic (exact) mass is 252 g/mol. The lowest BCUT2D eigenvalue weighted by molar-refractivity contribution is -0.124. The summed E-state index contributed by atoms with van der Waals surface area (Å²) in [5.41, 5.74) is 5.21. The van der Waals surface area contributed by atoms with Crippen LogP contribution in [0, 0.1) is 11.8 Å². The Kier molecular flexibility index (Phi) is 4.75. The third-order valence-electron chi connectivity index (χ3n) is 4.39. The van der Waals surface area contributed by atoms with Crippen LogP contribution in [0.5, 0.6) is 0 Å². The lowest BCUT2D eigenvalue weighted by Crippen LogP contribution is -2.39. The van der Waals surface area contributed by atoms with Gasteiger partial charge in [-0.05, 0) is 44.7 Å². The fraction of sp³-hybridized carbons (Fsp3) is 0.857. The Balaban J connectivity index is 1.69. The van der Waals surface area contributed by atoms with Crippen molar-refractivity contribution in [3.63, 3.8) is 0 Å². The van der Waals surface area contributed by atoms with Gasteiger partial charge in [0, 0.05) is 12.3 Å². The van der Waals surface area contributed by atoms with Crippen LogP contribution in [0.2, 0.25) is 0 Å². The van der Waals surface area contributed by atoms with Gasteiger partial charge in [-0.2, -0.15) is 0 Å². The Hall–Kier alpha value is -0.900. The molecule has 0 aromatic carbocycles. The summed E-state index contributed by atoms with van der Waals surface area (Å²) in [5, 5.41) is 0. The van der Waals surface area contributed by atoms with Gasteiger partial charge in [0.15, 0.2) is 0 Å².